The largest absolute Gasteiger partial charge is 0.477 e. The Labute approximate surface area is 137 Å². The fraction of sp³-hybridized carbons (Fsp3) is 0.125. The topological polar surface area (TPSA) is 108 Å². The number of benzene rings is 2. The molecule has 0 aliphatic carbocycles. The summed E-state index contributed by atoms with van der Waals surface area (Å²) >= 11 is 0. The van der Waals surface area contributed by atoms with Gasteiger partial charge in [-0.05, 0) is 18.2 Å². The van der Waals surface area contributed by atoms with Crippen molar-refractivity contribution in [1.82, 2.24) is 0 Å². The number of para-hydroxylation sites is 2. The minimum absolute atomic E-state index is 0.00585. The van der Waals surface area contributed by atoms with Crippen LogP contribution in [-0.4, -0.2) is 23.4 Å². The number of nitro groups is 1. The molecule has 2 rings (SSSR count). The first-order valence-electron chi connectivity index (χ1n) is 6.90. The summed E-state index contributed by atoms with van der Waals surface area (Å²) in [6.45, 7) is 0.870. The maximum atomic E-state index is 11.9. The first-order valence-corrected chi connectivity index (χ1v) is 6.90. The molecule has 0 fully saturated rings. The van der Waals surface area contributed by atoms with Crippen molar-refractivity contribution in [1.29, 1.82) is 0 Å². The van der Waals surface area contributed by atoms with Gasteiger partial charge >= 0.3 is 11.7 Å². The summed E-state index contributed by atoms with van der Waals surface area (Å²) in [6.07, 6.45) is 0. The summed E-state index contributed by atoms with van der Waals surface area (Å²) in [5, 5.41) is 13.4. The maximum Gasteiger partial charge on any atom is 0.310 e. The molecule has 0 saturated carbocycles. The van der Waals surface area contributed by atoms with Crippen LogP contribution >= 0.6 is 0 Å². The van der Waals surface area contributed by atoms with Crippen LogP contribution in [0.15, 0.2) is 48.5 Å². The molecule has 0 aliphatic heterocycles. The van der Waals surface area contributed by atoms with Gasteiger partial charge in [-0.15, -0.1) is 0 Å². The number of nitro benzene ring substituents is 1. The third-order valence-corrected chi connectivity index (χ3v) is 2.80. The second-order valence-corrected chi connectivity index (χ2v) is 4.68. The van der Waals surface area contributed by atoms with Gasteiger partial charge in [0.05, 0.1) is 4.92 Å². The normalized spacial score (nSPS) is 9.88. The molecular formula is C16H14N2O6. The minimum Gasteiger partial charge on any atom is -0.477 e. The monoisotopic (exact) mass is 330 g/mol. The number of rotatable bonds is 6. The van der Waals surface area contributed by atoms with Gasteiger partial charge in [-0.25, -0.2) is 0 Å². The number of nitrogens with one attached hydrogen (secondary N) is 1. The highest BCUT2D eigenvalue weighted by molar-refractivity contribution is 5.92. The predicted molar refractivity (Wildman–Crippen MR) is 85.0 cm³/mol. The SMILES string of the molecule is CC(=O)Oc1cccc(NC(=O)COc2ccccc2[N+](=O)[O-])c1. The van der Waals surface area contributed by atoms with Gasteiger partial charge in [0.2, 0.25) is 0 Å². The number of anilines is 1. The van der Waals surface area contributed by atoms with Gasteiger partial charge in [0.25, 0.3) is 5.91 Å². The molecule has 0 bridgehead atoms. The van der Waals surface area contributed by atoms with Crippen LogP contribution in [0.1, 0.15) is 6.92 Å². The number of amides is 1. The number of esters is 1. The van der Waals surface area contributed by atoms with Gasteiger partial charge in [0.1, 0.15) is 5.75 Å². The van der Waals surface area contributed by atoms with Gasteiger partial charge in [0.15, 0.2) is 12.4 Å². The molecule has 8 heteroatoms. The van der Waals surface area contributed by atoms with Gasteiger partial charge in [0, 0.05) is 24.7 Å². The van der Waals surface area contributed by atoms with E-state index >= 15 is 0 Å². The highest BCUT2D eigenvalue weighted by Crippen LogP contribution is 2.25. The third kappa shape index (κ3) is 4.80. The lowest BCUT2D eigenvalue weighted by molar-refractivity contribution is -0.385. The molecule has 0 unspecified atom stereocenters. The van der Waals surface area contributed by atoms with Gasteiger partial charge < -0.3 is 14.8 Å². The first kappa shape index (κ1) is 16.9. The number of carbonyl (C=O) groups is 2. The van der Waals surface area contributed by atoms with E-state index in [1.807, 2.05) is 0 Å². The summed E-state index contributed by atoms with van der Waals surface area (Å²) in [7, 11) is 0. The standard InChI is InChI=1S/C16H14N2O6/c1-11(19)24-13-6-4-5-12(9-13)17-16(20)10-23-15-8-3-2-7-14(15)18(21)22/h2-9H,10H2,1H3,(H,17,20). The lowest BCUT2D eigenvalue weighted by Gasteiger charge is -2.09. The zero-order valence-corrected chi connectivity index (χ0v) is 12.7. The number of hydrogen-bond acceptors (Lipinski definition) is 6. The van der Waals surface area contributed by atoms with Crippen molar-refractivity contribution in [3.8, 4) is 11.5 Å². The molecule has 0 aromatic heterocycles. The van der Waals surface area contributed by atoms with E-state index in [4.69, 9.17) is 9.47 Å². The summed E-state index contributed by atoms with van der Waals surface area (Å²) < 4.78 is 10.1. The molecule has 24 heavy (non-hydrogen) atoms. The number of ether oxygens (including phenoxy) is 2. The van der Waals surface area contributed by atoms with E-state index in [9.17, 15) is 19.7 Å². The van der Waals surface area contributed by atoms with Gasteiger partial charge in [-0.2, -0.15) is 0 Å². The van der Waals surface area contributed by atoms with Crippen LogP contribution in [0.25, 0.3) is 0 Å². The summed E-state index contributed by atoms with van der Waals surface area (Å²) in [4.78, 5) is 33.1. The Bertz CT molecular complexity index is 775. The van der Waals surface area contributed by atoms with Crippen molar-refractivity contribution in [2.24, 2.45) is 0 Å². The van der Waals surface area contributed by atoms with Crippen LogP contribution in [0, 0.1) is 10.1 Å². The molecule has 0 saturated heterocycles. The molecule has 1 amide bonds. The Morgan fingerprint density at radius 2 is 1.92 bits per heavy atom. The van der Waals surface area contributed by atoms with E-state index in [1.165, 1.54) is 31.2 Å². The number of carbonyl (C=O) groups excluding carboxylic acids is 2. The predicted octanol–water partition coefficient (Wildman–Crippen LogP) is 2.54. The van der Waals surface area contributed by atoms with E-state index in [2.05, 4.69) is 5.32 Å². The Hall–Kier alpha value is -3.42. The fourth-order valence-corrected chi connectivity index (χ4v) is 1.87. The van der Waals surface area contributed by atoms with Crippen molar-refractivity contribution >= 4 is 23.3 Å². The van der Waals surface area contributed by atoms with Crippen LogP contribution in [0.5, 0.6) is 11.5 Å². The third-order valence-electron chi connectivity index (χ3n) is 2.80. The van der Waals surface area contributed by atoms with Crippen LogP contribution in [0.2, 0.25) is 0 Å². The van der Waals surface area contributed by atoms with E-state index in [0.717, 1.165) is 0 Å². The Balaban J connectivity index is 1.97. The van der Waals surface area contributed by atoms with E-state index in [1.54, 1.807) is 24.3 Å². The van der Waals surface area contributed by atoms with Crippen molar-refractivity contribution in [2.45, 2.75) is 6.92 Å². The summed E-state index contributed by atoms with van der Waals surface area (Å²) in [5.41, 5.74) is 0.187. The number of nitrogens with zero attached hydrogens (tertiary/aromatic N) is 1. The molecule has 2 aromatic rings. The fourth-order valence-electron chi connectivity index (χ4n) is 1.87. The van der Waals surface area contributed by atoms with E-state index in [-0.39, 0.29) is 11.4 Å². The first-order chi connectivity index (χ1) is 11.5. The van der Waals surface area contributed by atoms with Crippen molar-refractivity contribution in [3.63, 3.8) is 0 Å². The van der Waals surface area contributed by atoms with Crippen LogP contribution in [-0.2, 0) is 9.59 Å². The molecule has 124 valence electrons. The van der Waals surface area contributed by atoms with Gasteiger partial charge in [-0.3, -0.25) is 19.7 Å². The average molecular weight is 330 g/mol. The molecule has 2 aromatic carbocycles. The number of hydrogen-bond donors (Lipinski definition) is 1. The van der Waals surface area contributed by atoms with Crippen LogP contribution in [0.4, 0.5) is 11.4 Å². The van der Waals surface area contributed by atoms with Crippen LogP contribution in [0.3, 0.4) is 0 Å². The summed E-state index contributed by atoms with van der Waals surface area (Å²) in [5.74, 6) is -0.683. The molecule has 1 N–H and O–H groups in total. The second-order valence-electron chi connectivity index (χ2n) is 4.68. The molecule has 0 radical (unpaired) electrons. The van der Waals surface area contributed by atoms with Crippen LogP contribution < -0.4 is 14.8 Å². The lowest BCUT2D eigenvalue weighted by atomic mass is 10.3. The molecule has 8 nitrogen and oxygen atoms in total. The lowest BCUT2D eigenvalue weighted by Crippen LogP contribution is -2.20. The van der Waals surface area contributed by atoms with E-state index in [0.29, 0.717) is 11.4 Å². The Kier molecular flexibility index (Phi) is 5.45. The maximum absolute atomic E-state index is 11.9. The minimum atomic E-state index is -0.587. The highest BCUT2D eigenvalue weighted by atomic mass is 16.6. The molecular weight excluding hydrogens is 316 g/mol. The average Bonchev–Trinajstić information content (AvgIpc) is 2.53. The Morgan fingerprint density at radius 3 is 2.62 bits per heavy atom. The molecule has 0 spiro atoms. The van der Waals surface area contributed by atoms with E-state index < -0.39 is 23.4 Å². The zero-order chi connectivity index (χ0) is 17.5. The smallest absolute Gasteiger partial charge is 0.310 e. The zero-order valence-electron chi connectivity index (χ0n) is 12.7. The van der Waals surface area contributed by atoms with Crippen molar-refractivity contribution < 1.29 is 24.0 Å². The molecule has 0 aliphatic rings. The van der Waals surface area contributed by atoms with Crippen molar-refractivity contribution in [2.75, 3.05) is 11.9 Å². The second kappa shape index (κ2) is 7.73. The molecule has 0 heterocycles. The quantitative estimate of drug-likeness (QED) is 0.377. The Morgan fingerprint density at radius 1 is 1.17 bits per heavy atom. The summed E-state index contributed by atoms with van der Waals surface area (Å²) in [6, 6.07) is 12.0. The van der Waals surface area contributed by atoms with Crippen molar-refractivity contribution in [3.05, 3.63) is 58.6 Å². The molecule has 0 atom stereocenters. The highest BCUT2D eigenvalue weighted by Gasteiger charge is 2.15. The van der Waals surface area contributed by atoms with Gasteiger partial charge in [-0.1, -0.05) is 18.2 Å².